The first-order valence-electron chi connectivity index (χ1n) is 7.40. The van der Waals surface area contributed by atoms with Gasteiger partial charge in [0.1, 0.15) is 6.61 Å². The van der Waals surface area contributed by atoms with Crippen molar-refractivity contribution in [1.82, 2.24) is 4.98 Å². The first-order valence-corrected chi connectivity index (χ1v) is 7.77. The van der Waals surface area contributed by atoms with E-state index in [-0.39, 0.29) is 11.2 Å². The molecule has 3 aromatic rings. The maximum Gasteiger partial charge on any atom is 0.224 e. The summed E-state index contributed by atoms with van der Waals surface area (Å²) in [6.07, 6.45) is 3.12. The molecule has 0 saturated heterocycles. The van der Waals surface area contributed by atoms with Crippen LogP contribution in [0.3, 0.4) is 0 Å². The summed E-state index contributed by atoms with van der Waals surface area (Å²) in [6, 6.07) is 18.3. The molecule has 120 valence electrons. The first kappa shape index (κ1) is 16.0. The van der Waals surface area contributed by atoms with Gasteiger partial charge in [-0.15, -0.1) is 0 Å². The molecule has 5 heteroatoms. The average Bonchev–Trinajstić information content (AvgIpc) is 2.60. The van der Waals surface area contributed by atoms with Crippen LogP contribution in [0.4, 0.5) is 5.69 Å². The molecular weight excluding hydrogens is 324 g/mol. The Morgan fingerprint density at radius 1 is 1.08 bits per heavy atom. The van der Waals surface area contributed by atoms with Gasteiger partial charge in [-0.2, -0.15) is 0 Å². The van der Waals surface area contributed by atoms with E-state index >= 15 is 0 Å². The van der Waals surface area contributed by atoms with E-state index < -0.39 is 0 Å². The molecule has 0 aliphatic carbocycles. The topological polar surface area (TPSA) is 54.5 Å². The Morgan fingerprint density at radius 3 is 2.67 bits per heavy atom. The molecule has 0 saturated carbocycles. The molecule has 0 amide bonds. The maximum atomic E-state index is 12.1. The van der Waals surface area contributed by atoms with Crippen LogP contribution >= 0.6 is 11.6 Å². The van der Waals surface area contributed by atoms with Crippen LogP contribution in [0.25, 0.3) is 0 Å². The van der Waals surface area contributed by atoms with E-state index in [2.05, 4.69) is 9.98 Å². The van der Waals surface area contributed by atoms with Gasteiger partial charge in [-0.1, -0.05) is 48.0 Å². The maximum absolute atomic E-state index is 12.1. The predicted molar refractivity (Wildman–Crippen MR) is 96.5 cm³/mol. The number of pyridine rings is 1. The number of H-pyrrole nitrogens is 1. The number of nitrogens with zero attached hydrogens (tertiary/aromatic N) is 1. The van der Waals surface area contributed by atoms with Crippen LogP contribution in [0.2, 0.25) is 5.02 Å². The van der Waals surface area contributed by atoms with Gasteiger partial charge in [-0.3, -0.25) is 9.79 Å². The van der Waals surface area contributed by atoms with E-state index in [9.17, 15) is 4.79 Å². The zero-order valence-corrected chi connectivity index (χ0v) is 13.5. The number of nitrogens with one attached hydrogen (secondary N) is 1. The Balaban J connectivity index is 1.69. The lowest BCUT2D eigenvalue weighted by Gasteiger charge is -2.05. The summed E-state index contributed by atoms with van der Waals surface area (Å²) in [4.78, 5) is 19.4. The van der Waals surface area contributed by atoms with Crippen molar-refractivity contribution in [3.8, 4) is 5.75 Å². The van der Waals surface area contributed by atoms with Gasteiger partial charge >= 0.3 is 0 Å². The Labute approximate surface area is 144 Å². The largest absolute Gasteiger partial charge is 0.483 e. The zero-order chi connectivity index (χ0) is 16.8. The number of ether oxygens (including phenoxy) is 1. The summed E-state index contributed by atoms with van der Waals surface area (Å²) in [5.41, 5.74) is 2.11. The second-order valence-electron chi connectivity index (χ2n) is 5.13. The number of aliphatic imine (C=N–C) groups is 1. The van der Waals surface area contributed by atoms with Crippen LogP contribution in [0.1, 0.15) is 11.3 Å². The summed E-state index contributed by atoms with van der Waals surface area (Å²) in [7, 11) is 0. The minimum absolute atomic E-state index is 0.197. The third-order valence-corrected chi connectivity index (χ3v) is 3.53. The molecule has 0 fully saturated rings. The fourth-order valence-corrected chi connectivity index (χ4v) is 2.28. The minimum atomic E-state index is -0.197. The fraction of sp³-hybridized carbons (Fsp3) is 0.0526. The van der Waals surface area contributed by atoms with Crippen molar-refractivity contribution < 1.29 is 4.74 Å². The fourth-order valence-electron chi connectivity index (χ4n) is 2.10. The molecule has 0 radical (unpaired) electrons. The van der Waals surface area contributed by atoms with Crippen molar-refractivity contribution in [2.24, 2.45) is 4.99 Å². The Morgan fingerprint density at radius 2 is 1.92 bits per heavy atom. The predicted octanol–water partition coefficient (Wildman–Crippen LogP) is 4.36. The summed E-state index contributed by atoms with van der Waals surface area (Å²) in [5.74, 6) is 0.277. The molecule has 0 spiro atoms. The summed E-state index contributed by atoms with van der Waals surface area (Å²) in [5, 5.41) is 0.614. The molecule has 0 aliphatic rings. The molecule has 1 N–H and O–H groups in total. The first-order chi connectivity index (χ1) is 11.7. The lowest BCUT2D eigenvalue weighted by Crippen LogP contribution is -2.09. The third kappa shape index (κ3) is 4.33. The average molecular weight is 339 g/mol. The van der Waals surface area contributed by atoms with E-state index in [0.29, 0.717) is 23.0 Å². The summed E-state index contributed by atoms with van der Waals surface area (Å²) in [6.45, 7) is 0.347. The van der Waals surface area contributed by atoms with Crippen LogP contribution in [-0.2, 0) is 6.61 Å². The van der Waals surface area contributed by atoms with Gasteiger partial charge in [0.2, 0.25) is 5.43 Å². The van der Waals surface area contributed by atoms with Gasteiger partial charge in [0.15, 0.2) is 5.75 Å². The number of hydrogen-bond acceptors (Lipinski definition) is 3. The number of halogens is 1. The van der Waals surface area contributed by atoms with Gasteiger partial charge in [-0.25, -0.2) is 0 Å². The second-order valence-corrected chi connectivity index (χ2v) is 5.57. The molecule has 0 atom stereocenters. The van der Waals surface area contributed by atoms with E-state index in [4.69, 9.17) is 16.3 Å². The monoisotopic (exact) mass is 338 g/mol. The Bertz CT molecular complexity index is 904. The van der Waals surface area contributed by atoms with E-state index in [1.165, 1.54) is 6.07 Å². The zero-order valence-electron chi connectivity index (χ0n) is 12.8. The smallest absolute Gasteiger partial charge is 0.224 e. The van der Waals surface area contributed by atoms with Crippen LogP contribution in [-0.4, -0.2) is 11.2 Å². The lowest BCUT2D eigenvalue weighted by atomic mass is 10.2. The molecule has 4 nitrogen and oxygen atoms in total. The standard InChI is InChI=1S/C19H15ClN2O2/c20-15-7-4-8-16(9-15)21-11-17-10-18(23)19(12-22-17)24-13-14-5-2-1-3-6-14/h1-12H,13H2,(H,22,23). The molecule has 3 rings (SSSR count). The van der Waals surface area contributed by atoms with Crippen molar-refractivity contribution in [2.45, 2.75) is 6.61 Å². The van der Waals surface area contributed by atoms with Crippen LogP contribution in [0, 0.1) is 0 Å². The van der Waals surface area contributed by atoms with E-state index in [0.717, 1.165) is 5.56 Å². The van der Waals surface area contributed by atoms with Crippen molar-refractivity contribution in [2.75, 3.05) is 0 Å². The summed E-state index contributed by atoms with van der Waals surface area (Å²) >= 11 is 5.91. The van der Waals surface area contributed by atoms with Gasteiger partial charge in [-0.05, 0) is 23.8 Å². The number of benzene rings is 2. The molecule has 0 bridgehead atoms. The minimum Gasteiger partial charge on any atom is -0.483 e. The number of aromatic amines is 1. The highest BCUT2D eigenvalue weighted by Gasteiger charge is 2.02. The van der Waals surface area contributed by atoms with E-state index in [1.54, 1.807) is 24.5 Å². The molecule has 24 heavy (non-hydrogen) atoms. The molecule has 1 aromatic heterocycles. The highest BCUT2D eigenvalue weighted by molar-refractivity contribution is 6.30. The molecule has 0 unspecified atom stereocenters. The number of rotatable bonds is 5. The van der Waals surface area contributed by atoms with Gasteiger partial charge in [0.05, 0.1) is 17.6 Å². The van der Waals surface area contributed by atoms with Crippen LogP contribution in [0.5, 0.6) is 5.75 Å². The Hall–Kier alpha value is -2.85. The lowest BCUT2D eigenvalue weighted by molar-refractivity contribution is 0.302. The molecule has 1 heterocycles. The highest BCUT2D eigenvalue weighted by Crippen LogP contribution is 2.17. The second kappa shape index (κ2) is 7.62. The van der Waals surface area contributed by atoms with Crippen molar-refractivity contribution in [3.63, 3.8) is 0 Å². The molecular formula is C19H15ClN2O2. The van der Waals surface area contributed by atoms with Gasteiger partial charge < -0.3 is 9.72 Å². The Kier molecular flexibility index (Phi) is 5.08. The van der Waals surface area contributed by atoms with Crippen molar-refractivity contribution >= 4 is 23.5 Å². The van der Waals surface area contributed by atoms with Gasteiger partial charge in [0, 0.05) is 17.3 Å². The van der Waals surface area contributed by atoms with Crippen LogP contribution in [0.15, 0.2) is 76.6 Å². The van der Waals surface area contributed by atoms with Crippen LogP contribution < -0.4 is 10.2 Å². The molecule has 0 aliphatic heterocycles. The number of aromatic nitrogens is 1. The SMILES string of the molecule is O=c1cc(C=Nc2cccc(Cl)c2)[nH]cc1OCc1ccccc1. The number of hydrogen-bond donors (Lipinski definition) is 1. The quantitative estimate of drug-likeness (QED) is 0.703. The third-order valence-electron chi connectivity index (χ3n) is 3.30. The molecule has 2 aromatic carbocycles. The van der Waals surface area contributed by atoms with Crippen molar-refractivity contribution in [1.29, 1.82) is 0 Å². The summed E-state index contributed by atoms with van der Waals surface area (Å²) < 4.78 is 5.55. The highest BCUT2D eigenvalue weighted by atomic mass is 35.5. The van der Waals surface area contributed by atoms with Crippen molar-refractivity contribution in [3.05, 3.63) is 93.4 Å². The van der Waals surface area contributed by atoms with E-state index in [1.807, 2.05) is 42.5 Å². The van der Waals surface area contributed by atoms with Gasteiger partial charge in [0.25, 0.3) is 0 Å². The normalized spacial score (nSPS) is 10.9.